The number of rotatable bonds is 6. The van der Waals surface area contributed by atoms with E-state index in [1.165, 1.54) is 24.3 Å². The smallest absolute Gasteiger partial charge is 0.191 e. The van der Waals surface area contributed by atoms with Crippen molar-refractivity contribution in [1.82, 2.24) is 4.90 Å². The maximum atomic E-state index is 13.0. The standard InChI is InChI=1S/C22H24FNO4S2/c23-17-5-3-15(4-6-17)21(26)16-7-11-24(12-8-16)10-1-2-18-14-20(25)19-9-13-29-22(19)30(18,27)28/h3-6,9,13,16,18H,1-2,7-8,10-12,14H2. The van der Waals surface area contributed by atoms with Gasteiger partial charge >= 0.3 is 0 Å². The van der Waals surface area contributed by atoms with E-state index in [1.807, 2.05) is 0 Å². The lowest BCUT2D eigenvalue weighted by atomic mass is 9.89. The first-order valence-electron chi connectivity index (χ1n) is 10.2. The van der Waals surface area contributed by atoms with Crippen LogP contribution in [-0.4, -0.2) is 49.8 Å². The average Bonchev–Trinajstić information content (AvgIpc) is 3.24. The van der Waals surface area contributed by atoms with E-state index >= 15 is 0 Å². The van der Waals surface area contributed by atoms with Gasteiger partial charge in [0.15, 0.2) is 21.4 Å². The van der Waals surface area contributed by atoms with E-state index in [1.54, 1.807) is 11.4 Å². The van der Waals surface area contributed by atoms with Gasteiger partial charge in [0, 0.05) is 23.5 Å². The van der Waals surface area contributed by atoms with Gasteiger partial charge in [0.2, 0.25) is 0 Å². The first-order valence-corrected chi connectivity index (χ1v) is 12.7. The van der Waals surface area contributed by atoms with E-state index in [0.717, 1.165) is 43.8 Å². The van der Waals surface area contributed by atoms with Crippen LogP contribution in [0.25, 0.3) is 0 Å². The van der Waals surface area contributed by atoms with Crippen LogP contribution >= 0.6 is 11.3 Å². The summed E-state index contributed by atoms with van der Waals surface area (Å²) in [4.78, 5) is 27.1. The van der Waals surface area contributed by atoms with Gasteiger partial charge in [0.1, 0.15) is 10.0 Å². The summed E-state index contributed by atoms with van der Waals surface area (Å²) in [5.41, 5.74) is 0.902. The van der Waals surface area contributed by atoms with Crippen molar-refractivity contribution in [2.24, 2.45) is 5.92 Å². The van der Waals surface area contributed by atoms with Crippen LogP contribution in [0.3, 0.4) is 0 Å². The molecule has 2 aliphatic heterocycles. The van der Waals surface area contributed by atoms with Gasteiger partial charge in [0.25, 0.3) is 0 Å². The summed E-state index contributed by atoms with van der Waals surface area (Å²) in [5, 5.41) is 1.04. The second-order valence-electron chi connectivity index (χ2n) is 8.05. The van der Waals surface area contributed by atoms with Crippen LogP contribution in [0, 0.1) is 11.7 Å². The minimum atomic E-state index is -3.42. The van der Waals surface area contributed by atoms with Crippen molar-refractivity contribution in [3.8, 4) is 0 Å². The van der Waals surface area contributed by atoms with Gasteiger partial charge in [-0.15, -0.1) is 11.3 Å². The molecule has 5 nitrogen and oxygen atoms in total. The molecule has 0 spiro atoms. The molecular formula is C22H24FNO4S2. The number of sulfone groups is 1. The number of Topliss-reactive ketones (excluding diaryl/α,β-unsaturated/α-hetero) is 2. The van der Waals surface area contributed by atoms with E-state index in [9.17, 15) is 22.4 Å². The van der Waals surface area contributed by atoms with Crippen molar-refractivity contribution in [3.63, 3.8) is 0 Å². The number of carbonyl (C=O) groups excluding carboxylic acids is 2. The monoisotopic (exact) mass is 449 g/mol. The number of hydrogen-bond donors (Lipinski definition) is 0. The summed E-state index contributed by atoms with van der Waals surface area (Å²) < 4.78 is 38.8. The highest BCUT2D eigenvalue weighted by Gasteiger charge is 2.38. The van der Waals surface area contributed by atoms with Gasteiger partial charge in [0.05, 0.1) is 5.25 Å². The number of nitrogens with zero attached hydrogens (tertiary/aromatic N) is 1. The molecule has 0 radical (unpaired) electrons. The highest BCUT2D eigenvalue weighted by molar-refractivity contribution is 7.94. The molecule has 1 saturated heterocycles. The summed E-state index contributed by atoms with van der Waals surface area (Å²) in [6, 6.07) is 7.30. The molecule has 4 rings (SSSR count). The first-order chi connectivity index (χ1) is 14.4. The zero-order chi connectivity index (χ0) is 21.3. The van der Waals surface area contributed by atoms with Gasteiger partial charge in [-0.2, -0.15) is 0 Å². The molecule has 8 heteroatoms. The molecule has 0 saturated carbocycles. The molecule has 1 unspecified atom stereocenters. The van der Waals surface area contributed by atoms with Crippen LogP contribution in [0.15, 0.2) is 39.9 Å². The fourth-order valence-electron chi connectivity index (χ4n) is 4.37. The Bertz CT molecular complexity index is 1040. The largest absolute Gasteiger partial charge is 0.303 e. The van der Waals surface area contributed by atoms with Crippen molar-refractivity contribution < 1.29 is 22.4 Å². The van der Waals surface area contributed by atoms with E-state index in [0.29, 0.717) is 24.0 Å². The lowest BCUT2D eigenvalue weighted by molar-refractivity contribution is 0.0839. The third-order valence-electron chi connectivity index (χ3n) is 6.13. The van der Waals surface area contributed by atoms with Gasteiger partial charge in [-0.3, -0.25) is 9.59 Å². The Morgan fingerprint density at radius 1 is 1.13 bits per heavy atom. The normalized spacial score (nSPS) is 22.0. The molecular weight excluding hydrogens is 425 g/mol. The minimum Gasteiger partial charge on any atom is -0.303 e. The second-order valence-corrected chi connectivity index (χ2v) is 11.4. The Kier molecular flexibility index (Phi) is 6.18. The van der Waals surface area contributed by atoms with Gasteiger partial charge in [-0.25, -0.2) is 12.8 Å². The molecule has 1 aromatic carbocycles. The van der Waals surface area contributed by atoms with Gasteiger partial charge in [-0.05, 0) is 81.0 Å². The number of likely N-dealkylation sites (tertiary alicyclic amines) is 1. The summed E-state index contributed by atoms with van der Waals surface area (Å²) >= 11 is 1.13. The molecule has 2 aliphatic rings. The molecule has 2 aromatic rings. The fraction of sp³-hybridized carbons (Fsp3) is 0.455. The Morgan fingerprint density at radius 3 is 2.53 bits per heavy atom. The molecule has 1 fully saturated rings. The zero-order valence-electron chi connectivity index (χ0n) is 16.6. The third kappa shape index (κ3) is 4.26. The molecule has 30 heavy (non-hydrogen) atoms. The maximum Gasteiger partial charge on any atom is 0.191 e. The molecule has 1 atom stereocenters. The first kappa shape index (κ1) is 21.3. The molecule has 0 N–H and O–H groups in total. The van der Waals surface area contributed by atoms with Crippen molar-refractivity contribution >= 4 is 32.7 Å². The molecule has 160 valence electrons. The predicted molar refractivity (Wildman–Crippen MR) is 113 cm³/mol. The van der Waals surface area contributed by atoms with E-state index in [4.69, 9.17) is 0 Å². The van der Waals surface area contributed by atoms with Crippen molar-refractivity contribution in [3.05, 3.63) is 52.7 Å². The number of halogens is 1. The minimum absolute atomic E-state index is 0.0553. The highest BCUT2D eigenvalue weighted by Crippen LogP contribution is 2.35. The Balaban J connectivity index is 1.26. The Hall–Kier alpha value is -1.90. The van der Waals surface area contributed by atoms with E-state index in [2.05, 4.69) is 4.90 Å². The second kappa shape index (κ2) is 8.69. The summed E-state index contributed by atoms with van der Waals surface area (Å²) in [7, 11) is -3.42. The number of thiophene rings is 1. The van der Waals surface area contributed by atoms with Gasteiger partial charge in [-0.1, -0.05) is 0 Å². The molecule has 3 heterocycles. The van der Waals surface area contributed by atoms with Crippen LogP contribution in [0.2, 0.25) is 0 Å². The highest BCUT2D eigenvalue weighted by atomic mass is 32.2. The lowest BCUT2D eigenvalue weighted by Gasteiger charge is -2.31. The molecule has 1 aromatic heterocycles. The topological polar surface area (TPSA) is 71.5 Å². The zero-order valence-corrected chi connectivity index (χ0v) is 18.2. The number of benzene rings is 1. The molecule has 0 aliphatic carbocycles. The fourth-order valence-corrected chi connectivity index (χ4v) is 7.76. The predicted octanol–water partition coefficient (Wildman–Crippen LogP) is 3.99. The SMILES string of the molecule is O=C1CC(CCCN2CCC(C(=O)c3ccc(F)cc3)CC2)S(=O)(=O)c2sccc21. The van der Waals surface area contributed by atoms with Crippen LogP contribution in [-0.2, 0) is 9.84 Å². The van der Waals surface area contributed by atoms with Crippen LogP contribution in [0.1, 0.15) is 52.8 Å². The van der Waals surface area contributed by atoms with Crippen LogP contribution < -0.4 is 0 Å². The number of fused-ring (bicyclic) bond motifs is 1. The number of ketones is 2. The van der Waals surface area contributed by atoms with Crippen molar-refractivity contribution in [2.45, 2.75) is 41.6 Å². The maximum absolute atomic E-state index is 13.0. The van der Waals surface area contributed by atoms with Gasteiger partial charge < -0.3 is 4.90 Å². The molecule has 0 bridgehead atoms. The third-order valence-corrected chi connectivity index (χ3v) is 9.84. The lowest BCUT2D eigenvalue weighted by Crippen LogP contribution is -2.37. The number of carbonyl (C=O) groups is 2. The van der Waals surface area contributed by atoms with E-state index in [-0.39, 0.29) is 33.9 Å². The Morgan fingerprint density at radius 2 is 1.83 bits per heavy atom. The molecule has 0 amide bonds. The Labute approximate surface area is 179 Å². The summed E-state index contributed by atoms with van der Waals surface area (Å²) in [5.74, 6) is -0.418. The van der Waals surface area contributed by atoms with Crippen LogP contribution in [0.5, 0.6) is 0 Å². The van der Waals surface area contributed by atoms with Crippen LogP contribution in [0.4, 0.5) is 4.39 Å². The quantitative estimate of drug-likeness (QED) is 0.624. The van der Waals surface area contributed by atoms with Crippen molar-refractivity contribution in [2.75, 3.05) is 19.6 Å². The summed E-state index contributed by atoms with van der Waals surface area (Å²) in [6.45, 7) is 2.32. The van der Waals surface area contributed by atoms with Crippen molar-refractivity contribution in [1.29, 1.82) is 0 Å². The number of piperidine rings is 1. The van der Waals surface area contributed by atoms with E-state index < -0.39 is 15.1 Å². The summed E-state index contributed by atoms with van der Waals surface area (Å²) in [6.07, 6.45) is 2.73. The average molecular weight is 450 g/mol. The number of hydrogen-bond acceptors (Lipinski definition) is 6.